The maximum absolute atomic E-state index is 13.0. The lowest BCUT2D eigenvalue weighted by atomic mass is 10.0. The van der Waals surface area contributed by atoms with Crippen molar-refractivity contribution in [2.75, 3.05) is 40.9 Å². The van der Waals surface area contributed by atoms with E-state index in [0.717, 1.165) is 38.5 Å². The zero-order valence-electron chi connectivity index (χ0n) is 51.3. The summed E-state index contributed by atoms with van der Waals surface area (Å²) in [7, 11) is 1.28. The highest BCUT2D eigenvalue weighted by Gasteiger charge is 2.23. The van der Waals surface area contributed by atoms with Gasteiger partial charge in [-0.2, -0.15) is 0 Å². The second-order valence-electron chi connectivity index (χ2n) is 24.5. The normalized spacial score (nSPS) is 13.7. The molecule has 0 rings (SSSR count). The van der Waals surface area contributed by atoms with E-state index in [-0.39, 0.29) is 19.1 Å². The van der Waals surface area contributed by atoms with Gasteiger partial charge in [0.25, 0.3) is 7.82 Å². The number of nitrogens with zero attached hydrogens (tertiary/aromatic N) is 1. The number of quaternary nitrogens is 1. The molecule has 1 amide bonds. The Morgan fingerprint density at radius 1 is 0.453 bits per heavy atom. The molecular weight excluding hydrogens is 948 g/mol. The van der Waals surface area contributed by atoms with Crippen LogP contribution >= 0.6 is 7.82 Å². The van der Waals surface area contributed by atoms with E-state index in [1.165, 1.54) is 295 Å². The zero-order valence-corrected chi connectivity index (χ0v) is 52.2. The van der Waals surface area contributed by atoms with Crippen molar-refractivity contribution in [1.82, 2.24) is 5.32 Å². The summed E-state index contributed by atoms with van der Waals surface area (Å²) in [5.74, 6) is -0.188. The molecule has 0 aliphatic carbocycles. The molecule has 0 aliphatic heterocycles. The lowest BCUT2D eigenvalue weighted by Gasteiger charge is -2.29. The number of unbranched alkanes of at least 4 members (excludes halogenated alkanes) is 50. The van der Waals surface area contributed by atoms with Crippen LogP contribution in [0.4, 0.5) is 0 Å². The summed E-state index contributed by atoms with van der Waals surface area (Å²) >= 11 is 0. The Bertz CT molecular complexity index is 1230. The summed E-state index contributed by atoms with van der Waals surface area (Å²) in [6, 6.07) is -0.883. The van der Waals surface area contributed by atoms with Gasteiger partial charge in [-0.3, -0.25) is 9.36 Å². The molecule has 0 saturated heterocycles. The van der Waals surface area contributed by atoms with Gasteiger partial charge in [0, 0.05) is 6.42 Å². The number of likely N-dealkylation sites (N-methyl/N-ethyl adjacent to an activating group) is 1. The van der Waals surface area contributed by atoms with Crippen LogP contribution in [0, 0.1) is 0 Å². The van der Waals surface area contributed by atoms with E-state index in [1.54, 1.807) is 6.08 Å². The topological polar surface area (TPSA) is 108 Å². The van der Waals surface area contributed by atoms with Crippen LogP contribution in [0.1, 0.15) is 354 Å². The van der Waals surface area contributed by atoms with Gasteiger partial charge < -0.3 is 28.8 Å². The van der Waals surface area contributed by atoms with Crippen LogP contribution < -0.4 is 10.2 Å². The Hall–Kier alpha value is -0.760. The van der Waals surface area contributed by atoms with Crippen LogP contribution in [0.2, 0.25) is 0 Å². The van der Waals surface area contributed by atoms with Gasteiger partial charge in [0.2, 0.25) is 5.91 Å². The monoisotopic (exact) mass is 1080 g/mol. The number of aliphatic hydroxyl groups excluding tert-OH is 1. The third kappa shape index (κ3) is 60.7. The van der Waals surface area contributed by atoms with Crippen LogP contribution in [0.25, 0.3) is 0 Å². The molecule has 0 aliphatic rings. The fourth-order valence-corrected chi connectivity index (χ4v) is 11.2. The van der Waals surface area contributed by atoms with Crippen molar-refractivity contribution < 1.29 is 32.9 Å². The van der Waals surface area contributed by atoms with Gasteiger partial charge in [0.1, 0.15) is 13.2 Å². The quantitative estimate of drug-likeness (QED) is 0.0272. The van der Waals surface area contributed by atoms with E-state index < -0.39 is 20.0 Å². The highest BCUT2D eigenvalue weighted by molar-refractivity contribution is 7.45. The van der Waals surface area contributed by atoms with Gasteiger partial charge in [0.15, 0.2) is 0 Å². The third-order valence-electron chi connectivity index (χ3n) is 15.7. The van der Waals surface area contributed by atoms with Crippen molar-refractivity contribution in [2.45, 2.75) is 366 Å². The lowest BCUT2D eigenvalue weighted by Crippen LogP contribution is -2.45. The predicted molar refractivity (Wildman–Crippen MR) is 326 cm³/mol. The summed E-state index contributed by atoms with van der Waals surface area (Å²) in [4.78, 5) is 25.6. The Morgan fingerprint density at radius 2 is 0.720 bits per heavy atom. The number of carbonyl (C=O) groups is 1. The van der Waals surface area contributed by atoms with Gasteiger partial charge in [-0.1, -0.05) is 341 Å². The minimum atomic E-state index is -4.60. The fourth-order valence-electron chi connectivity index (χ4n) is 10.5. The number of phosphoric acid groups is 1. The number of hydrogen-bond donors (Lipinski definition) is 2. The summed E-state index contributed by atoms with van der Waals surface area (Å²) in [6.07, 6.45) is 73.3. The molecular formula is C66H133N2O6P. The maximum atomic E-state index is 13.0. The van der Waals surface area contributed by atoms with Crippen LogP contribution in [0.15, 0.2) is 12.2 Å². The zero-order chi connectivity index (χ0) is 54.9. The van der Waals surface area contributed by atoms with Gasteiger partial charge in [0.05, 0.1) is 39.9 Å². The molecule has 0 saturated carbocycles. The molecule has 9 heteroatoms. The highest BCUT2D eigenvalue weighted by atomic mass is 31.2. The van der Waals surface area contributed by atoms with E-state index in [4.69, 9.17) is 9.05 Å². The van der Waals surface area contributed by atoms with Crippen molar-refractivity contribution in [2.24, 2.45) is 0 Å². The van der Waals surface area contributed by atoms with Crippen LogP contribution in [-0.2, 0) is 18.4 Å². The highest BCUT2D eigenvalue weighted by Crippen LogP contribution is 2.38. The lowest BCUT2D eigenvalue weighted by molar-refractivity contribution is -0.870. The van der Waals surface area contributed by atoms with Crippen molar-refractivity contribution in [3.05, 3.63) is 12.2 Å². The molecule has 0 aromatic rings. The molecule has 0 radical (unpaired) electrons. The molecule has 448 valence electrons. The smallest absolute Gasteiger partial charge is 0.268 e. The predicted octanol–water partition coefficient (Wildman–Crippen LogP) is 20.3. The summed E-state index contributed by atoms with van der Waals surface area (Å²) in [5, 5.41) is 13.9. The maximum Gasteiger partial charge on any atom is 0.268 e. The van der Waals surface area contributed by atoms with E-state index in [1.807, 2.05) is 27.2 Å². The number of phosphoric ester groups is 1. The van der Waals surface area contributed by atoms with Crippen LogP contribution in [0.5, 0.6) is 0 Å². The van der Waals surface area contributed by atoms with Crippen molar-refractivity contribution in [1.29, 1.82) is 0 Å². The van der Waals surface area contributed by atoms with Crippen molar-refractivity contribution in [3.8, 4) is 0 Å². The fraction of sp³-hybridized carbons (Fsp3) is 0.955. The minimum absolute atomic E-state index is 0.00283. The van der Waals surface area contributed by atoms with Gasteiger partial charge in [-0.05, 0) is 19.3 Å². The number of nitrogens with one attached hydrogen (secondary N) is 1. The van der Waals surface area contributed by atoms with E-state index in [0.29, 0.717) is 17.4 Å². The van der Waals surface area contributed by atoms with Crippen molar-refractivity contribution >= 4 is 13.7 Å². The molecule has 0 aromatic carbocycles. The Labute approximate surface area is 469 Å². The number of carbonyl (C=O) groups excluding carboxylic acids is 1. The number of allylic oxidation sites excluding steroid dienone is 1. The SMILES string of the molecule is CCCCCCCCCCCCCCCCCCC/C=C/C(O)C(COP(=O)([O-])OCC[N+](C)(C)C)NC(=O)CCCCCCCCCCCCCCCCCCCCCCCCCCCCCCCCCCCC. The third-order valence-corrected chi connectivity index (χ3v) is 16.7. The van der Waals surface area contributed by atoms with Gasteiger partial charge in [-0.25, -0.2) is 0 Å². The molecule has 0 aromatic heterocycles. The molecule has 3 unspecified atom stereocenters. The Balaban J connectivity index is 3.97. The first-order valence-electron chi connectivity index (χ1n) is 33.6. The first-order chi connectivity index (χ1) is 36.5. The average Bonchev–Trinajstić information content (AvgIpc) is 3.37. The molecule has 0 spiro atoms. The molecule has 75 heavy (non-hydrogen) atoms. The molecule has 0 bridgehead atoms. The van der Waals surface area contributed by atoms with Crippen LogP contribution in [0.3, 0.4) is 0 Å². The molecule has 3 atom stereocenters. The van der Waals surface area contributed by atoms with Gasteiger partial charge >= 0.3 is 0 Å². The molecule has 8 nitrogen and oxygen atoms in total. The Kier molecular flexibility index (Phi) is 57.3. The summed E-state index contributed by atoms with van der Waals surface area (Å²) in [6.45, 7) is 4.71. The number of hydrogen-bond acceptors (Lipinski definition) is 6. The number of amides is 1. The minimum Gasteiger partial charge on any atom is -0.756 e. The van der Waals surface area contributed by atoms with E-state index in [2.05, 4.69) is 19.2 Å². The van der Waals surface area contributed by atoms with E-state index >= 15 is 0 Å². The molecule has 0 fully saturated rings. The van der Waals surface area contributed by atoms with Crippen molar-refractivity contribution in [3.63, 3.8) is 0 Å². The Morgan fingerprint density at radius 3 is 1.00 bits per heavy atom. The first kappa shape index (κ1) is 74.2. The second kappa shape index (κ2) is 57.9. The largest absolute Gasteiger partial charge is 0.756 e. The molecule has 0 heterocycles. The summed E-state index contributed by atoms with van der Waals surface area (Å²) in [5.41, 5.74) is 0. The first-order valence-corrected chi connectivity index (χ1v) is 35.0. The van der Waals surface area contributed by atoms with E-state index in [9.17, 15) is 19.4 Å². The molecule has 2 N–H and O–H groups in total. The summed E-state index contributed by atoms with van der Waals surface area (Å²) < 4.78 is 23.4. The number of aliphatic hydroxyl groups is 1. The average molecular weight is 1080 g/mol. The second-order valence-corrected chi connectivity index (χ2v) is 26.0. The van der Waals surface area contributed by atoms with Gasteiger partial charge in [-0.15, -0.1) is 0 Å². The number of rotatable bonds is 63. The standard InChI is InChI=1S/C66H133N2O6P/c1-6-8-10-12-14-16-18-20-22-24-26-27-28-29-30-31-32-33-34-35-36-37-38-39-40-42-44-46-48-50-52-54-56-58-60-66(70)67-64(63-74-75(71,72)73-62-61-68(3,4)5)65(69)59-57-55-53-51-49-47-45-43-41-25-23-21-19-17-15-13-11-9-7-2/h57,59,64-65,69H,6-56,58,60-63H2,1-5H3,(H-,67,70,71,72)/b59-57+. The van der Waals surface area contributed by atoms with Crippen LogP contribution in [-0.4, -0.2) is 68.5 Å².